The molecule has 2 saturated heterocycles. The van der Waals surface area contributed by atoms with Crippen LogP contribution >= 0.6 is 0 Å². The Morgan fingerprint density at radius 2 is 1.52 bits per heavy atom. The average Bonchev–Trinajstić information content (AvgIpc) is 2.71. The Balaban J connectivity index is 1.47. The summed E-state index contributed by atoms with van der Waals surface area (Å²) in [5.74, 6) is 1.42. The van der Waals surface area contributed by atoms with E-state index in [9.17, 15) is 9.90 Å². The van der Waals surface area contributed by atoms with Crippen LogP contribution < -0.4 is 0 Å². The standard InChI is InChI=1S/C30H46O3/c1-25(2)14-15-27(5)11-8-19-28(6)12-9-18-26(3,4)23-16-22(31)30(18,24(32)33-23)20(28)10-13-29(19,7)21(27)17-25/h8,18,20-21,23-24,32H,9-17H2,1-7H3. The van der Waals surface area contributed by atoms with E-state index < -0.39 is 11.7 Å². The van der Waals surface area contributed by atoms with Crippen molar-refractivity contribution in [2.24, 2.45) is 50.2 Å². The van der Waals surface area contributed by atoms with Crippen molar-refractivity contribution in [3.63, 3.8) is 0 Å². The van der Waals surface area contributed by atoms with Crippen molar-refractivity contribution in [2.45, 2.75) is 119 Å². The topological polar surface area (TPSA) is 46.5 Å². The first-order chi connectivity index (χ1) is 15.2. The monoisotopic (exact) mass is 454 g/mol. The smallest absolute Gasteiger partial charge is 0.168 e. The molecule has 2 heterocycles. The number of hydrogen-bond donors (Lipinski definition) is 1. The molecule has 5 aliphatic carbocycles. The maximum atomic E-state index is 13.9. The lowest BCUT2D eigenvalue weighted by Gasteiger charge is -2.72. The third-order valence-electron chi connectivity index (χ3n) is 12.9. The molecule has 3 nitrogen and oxygen atoms in total. The summed E-state index contributed by atoms with van der Waals surface area (Å²) in [6.45, 7) is 17.1. The highest BCUT2D eigenvalue weighted by Crippen LogP contribution is 2.76. The molecule has 2 bridgehead atoms. The number of carbonyl (C=O) groups is 1. The van der Waals surface area contributed by atoms with Gasteiger partial charge in [0.15, 0.2) is 6.29 Å². The number of fused-ring (bicyclic) bond motifs is 7. The molecule has 2 aliphatic heterocycles. The predicted molar refractivity (Wildman–Crippen MR) is 130 cm³/mol. The van der Waals surface area contributed by atoms with Gasteiger partial charge in [0.05, 0.1) is 11.5 Å². The fourth-order valence-corrected chi connectivity index (χ4v) is 11.0. The molecule has 1 spiro atoms. The molecule has 9 atom stereocenters. The number of ketones is 1. The molecule has 33 heavy (non-hydrogen) atoms. The third kappa shape index (κ3) is 2.52. The number of ether oxygens (including phenoxy) is 1. The zero-order valence-electron chi connectivity index (χ0n) is 22.1. The molecule has 1 N–H and O–H groups in total. The summed E-state index contributed by atoms with van der Waals surface area (Å²) in [5.41, 5.74) is 1.86. The van der Waals surface area contributed by atoms with Crippen molar-refractivity contribution >= 4 is 5.78 Å². The fourth-order valence-electron chi connectivity index (χ4n) is 11.0. The number of allylic oxidation sites excluding steroid dienone is 2. The Labute approximate surface area is 201 Å². The summed E-state index contributed by atoms with van der Waals surface area (Å²) in [7, 11) is 0. The Morgan fingerprint density at radius 1 is 0.879 bits per heavy atom. The number of Topliss-reactive ketones (excluding diaryl/α,β-unsaturated/α-hetero) is 1. The molecular weight excluding hydrogens is 408 g/mol. The van der Waals surface area contributed by atoms with Crippen molar-refractivity contribution in [3.8, 4) is 0 Å². The Bertz CT molecular complexity index is 931. The lowest BCUT2D eigenvalue weighted by molar-refractivity contribution is -0.340. The van der Waals surface area contributed by atoms with Gasteiger partial charge in [0.2, 0.25) is 0 Å². The number of carbonyl (C=O) groups excluding carboxylic acids is 1. The van der Waals surface area contributed by atoms with Crippen LogP contribution in [0.4, 0.5) is 0 Å². The maximum absolute atomic E-state index is 13.9. The van der Waals surface area contributed by atoms with E-state index in [1.807, 2.05) is 0 Å². The van der Waals surface area contributed by atoms with Crippen molar-refractivity contribution in [1.82, 2.24) is 0 Å². The summed E-state index contributed by atoms with van der Waals surface area (Å²) in [4.78, 5) is 13.9. The van der Waals surface area contributed by atoms with Crippen molar-refractivity contribution in [3.05, 3.63) is 11.6 Å². The zero-order chi connectivity index (χ0) is 23.8. The average molecular weight is 455 g/mol. The minimum absolute atomic E-state index is 0.0212. The molecule has 0 aromatic carbocycles. The van der Waals surface area contributed by atoms with Crippen LogP contribution in [-0.4, -0.2) is 23.3 Å². The first-order valence-corrected chi connectivity index (χ1v) is 13.8. The third-order valence-corrected chi connectivity index (χ3v) is 12.9. The summed E-state index contributed by atoms with van der Waals surface area (Å²) in [6, 6.07) is 0. The van der Waals surface area contributed by atoms with E-state index in [2.05, 4.69) is 54.5 Å². The first kappa shape index (κ1) is 22.8. The van der Waals surface area contributed by atoms with Gasteiger partial charge in [-0.2, -0.15) is 0 Å². The van der Waals surface area contributed by atoms with Crippen LogP contribution in [0.2, 0.25) is 0 Å². The highest BCUT2D eigenvalue weighted by Gasteiger charge is 2.75. The lowest BCUT2D eigenvalue weighted by atomic mass is 9.33. The Hall–Kier alpha value is -0.670. The molecule has 7 rings (SSSR count). The minimum Gasteiger partial charge on any atom is -0.367 e. The quantitative estimate of drug-likeness (QED) is 0.415. The normalized spacial score (nSPS) is 56.2. The number of hydrogen-bond acceptors (Lipinski definition) is 3. The van der Waals surface area contributed by atoms with E-state index in [4.69, 9.17) is 4.74 Å². The van der Waals surface area contributed by atoms with Gasteiger partial charge < -0.3 is 9.84 Å². The van der Waals surface area contributed by atoms with Gasteiger partial charge in [0.25, 0.3) is 0 Å². The van der Waals surface area contributed by atoms with Crippen LogP contribution in [0.25, 0.3) is 0 Å². The minimum atomic E-state index is -0.932. The maximum Gasteiger partial charge on any atom is 0.168 e. The van der Waals surface area contributed by atoms with Crippen molar-refractivity contribution in [1.29, 1.82) is 0 Å². The van der Waals surface area contributed by atoms with Gasteiger partial charge in [-0.15, -0.1) is 0 Å². The lowest BCUT2D eigenvalue weighted by Crippen LogP contribution is -2.74. The van der Waals surface area contributed by atoms with E-state index in [1.165, 1.54) is 25.7 Å². The SMILES string of the molecule is CC1(C)CCC2(C)CC=C3C(C)(CCC4C3(C)CCC3C(C)(C)C5CC(=O)C43C(O)O5)C2C1. The summed E-state index contributed by atoms with van der Waals surface area (Å²) in [6.07, 6.45) is 11.6. The van der Waals surface area contributed by atoms with Gasteiger partial charge in [-0.1, -0.05) is 60.1 Å². The van der Waals surface area contributed by atoms with Crippen molar-refractivity contribution in [2.75, 3.05) is 0 Å². The van der Waals surface area contributed by atoms with E-state index in [0.717, 1.165) is 25.7 Å². The largest absolute Gasteiger partial charge is 0.367 e. The molecule has 4 saturated carbocycles. The van der Waals surface area contributed by atoms with Gasteiger partial charge in [-0.05, 0) is 96.2 Å². The Morgan fingerprint density at radius 3 is 2.18 bits per heavy atom. The first-order valence-electron chi connectivity index (χ1n) is 13.8. The molecule has 0 aromatic heterocycles. The van der Waals surface area contributed by atoms with E-state index >= 15 is 0 Å². The summed E-state index contributed by atoms with van der Waals surface area (Å²) in [5, 5.41) is 11.4. The van der Waals surface area contributed by atoms with Gasteiger partial charge in [0.1, 0.15) is 5.78 Å². The molecule has 9 unspecified atom stereocenters. The molecule has 0 amide bonds. The van der Waals surface area contributed by atoms with Gasteiger partial charge in [-0.25, -0.2) is 0 Å². The highest BCUT2D eigenvalue weighted by atomic mass is 16.6. The summed E-state index contributed by atoms with van der Waals surface area (Å²) < 4.78 is 6.23. The summed E-state index contributed by atoms with van der Waals surface area (Å²) >= 11 is 0. The second-order valence-corrected chi connectivity index (χ2v) is 15.3. The second kappa shape index (κ2) is 6.36. The van der Waals surface area contributed by atoms with Gasteiger partial charge >= 0.3 is 0 Å². The van der Waals surface area contributed by atoms with Crippen molar-refractivity contribution < 1.29 is 14.6 Å². The molecule has 0 aromatic rings. The van der Waals surface area contributed by atoms with Crippen LogP contribution in [-0.2, 0) is 9.53 Å². The molecule has 3 heteroatoms. The molecule has 7 aliphatic rings. The predicted octanol–water partition coefficient (Wildman–Crippen LogP) is 6.68. The van der Waals surface area contributed by atoms with Crippen LogP contribution in [0, 0.1) is 50.2 Å². The molecule has 184 valence electrons. The zero-order valence-corrected chi connectivity index (χ0v) is 22.1. The number of aliphatic hydroxyl groups excluding tert-OH is 1. The molecule has 0 radical (unpaired) electrons. The van der Waals surface area contributed by atoms with E-state index in [1.54, 1.807) is 5.57 Å². The van der Waals surface area contributed by atoms with Gasteiger partial charge in [0, 0.05) is 6.42 Å². The van der Waals surface area contributed by atoms with E-state index in [-0.39, 0.29) is 34.2 Å². The van der Waals surface area contributed by atoms with Crippen LogP contribution in [0.5, 0.6) is 0 Å². The van der Waals surface area contributed by atoms with Gasteiger partial charge in [-0.3, -0.25) is 4.79 Å². The molecule has 6 fully saturated rings. The highest BCUT2D eigenvalue weighted by molar-refractivity contribution is 5.89. The van der Waals surface area contributed by atoms with Crippen LogP contribution in [0.3, 0.4) is 0 Å². The number of aliphatic hydroxyl groups is 1. The van der Waals surface area contributed by atoms with E-state index in [0.29, 0.717) is 29.0 Å². The van der Waals surface area contributed by atoms with Crippen LogP contribution in [0.1, 0.15) is 106 Å². The number of rotatable bonds is 0. The Kier molecular flexibility index (Phi) is 4.39. The fraction of sp³-hybridized carbons (Fsp3) is 0.900. The second-order valence-electron chi connectivity index (χ2n) is 15.3. The molecular formula is C30H46O3. The van der Waals surface area contributed by atoms with Crippen LogP contribution in [0.15, 0.2) is 11.6 Å².